The molecule has 0 atom stereocenters. The molecule has 4 N–H and O–H groups in total. The number of carbonyl (C=O) groups is 2. The molecule has 19 heavy (non-hydrogen) atoms. The maximum absolute atomic E-state index is 11.6. The highest BCUT2D eigenvalue weighted by Gasteiger charge is 2.13. The first-order valence-corrected chi connectivity index (χ1v) is 5.63. The standard InChI is InChI=1S/C12H17N3O4/c1-18-9-5-8(6-10(7-9)19-2)15-12(17)11(16)14-4-3-13/h5-7H,3-4,13H2,1-2H3,(H,14,16)(H,15,17). The van der Waals surface area contributed by atoms with Crippen LogP contribution in [0.3, 0.4) is 0 Å². The van der Waals surface area contributed by atoms with Crippen LogP contribution in [0, 0.1) is 0 Å². The molecule has 0 aromatic heterocycles. The number of nitrogens with two attached hydrogens (primary N) is 1. The summed E-state index contributed by atoms with van der Waals surface area (Å²) in [4.78, 5) is 22.9. The molecular weight excluding hydrogens is 250 g/mol. The molecule has 0 aliphatic heterocycles. The van der Waals surface area contributed by atoms with Gasteiger partial charge in [0, 0.05) is 37.0 Å². The van der Waals surface area contributed by atoms with E-state index in [1.807, 2.05) is 0 Å². The fraction of sp³-hybridized carbons (Fsp3) is 0.333. The van der Waals surface area contributed by atoms with E-state index in [0.717, 1.165) is 0 Å². The largest absolute Gasteiger partial charge is 0.497 e. The Morgan fingerprint density at radius 2 is 1.68 bits per heavy atom. The average molecular weight is 267 g/mol. The fourth-order valence-corrected chi connectivity index (χ4v) is 1.33. The second kappa shape index (κ2) is 7.22. The summed E-state index contributed by atoms with van der Waals surface area (Å²) < 4.78 is 10.1. The van der Waals surface area contributed by atoms with Gasteiger partial charge in [0.1, 0.15) is 11.5 Å². The number of hydrogen-bond acceptors (Lipinski definition) is 5. The van der Waals surface area contributed by atoms with Gasteiger partial charge in [0.15, 0.2) is 0 Å². The minimum Gasteiger partial charge on any atom is -0.497 e. The third-order valence-corrected chi connectivity index (χ3v) is 2.25. The maximum atomic E-state index is 11.6. The van der Waals surface area contributed by atoms with E-state index >= 15 is 0 Å². The van der Waals surface area contributed by atoms with Crippen LogP contribution in [0.4, 0.5) is 5.69 Å². The Kier molecular flexibility index (Phi) is 5.62. The Bertz CT molecular complexity index is 440. The van der Waals surface area contributed by atoms with Gasteiger partial charge in [0.25, 0.3) is 0 Å². The summed E-state index contributed by atoms with van der Waals surface area (Å²) in [6.07, 6.45) is 0. The molecule has 104 valence electrons. The van der Waals surface area contributed by atoms with Gasteiger partial charge < -0.3 is 25.8 Å². The van der Waals surface area contributed by atoms with Crippen molar-refractivity contribution in [3.8, 4) is 11.5 Å². The lowest BCUT2D eigenvalue weighted by atomic mass is 10.2. The quantitative estimate of drug-likeness (QED) is 0.637. The number of hydrogen-bond donors (Lipinski definition) is 3. The van der Waals surface area contributed by atoms with Gasteiger partial charge in [0.05, 0.1) is 14.2 Å². The number of amides is 2. The molecule has 0 heterocycles. The summed E-state index contributed by atoms with van der Waals surface area (Å²) >= 11 is 0. The molecule has 0 unspecified atom stereocenters. The number of ether oxygens (including phenoxy) is 2. The van der Waals surface area contributed by atoms with Crippen molar-refractivity contribution in [1.82, 2.24) is 5.32 Å². The minimum absolute atomic E-state index is 0.244. The Balaban J connectivity index is 2.75. The predicted molar refractivity (Wildman–Crippen MR) is 70.2 cm³/mol. The number of rotatable bonds is 5. The van der Waals surface area contributed by atoms with Crippen molar-refractivity contribution in [2.45, 2.75) is 0 Å². The van der Waals surface area contributed by atoms with Crippen LogP contribution >= 0.6 is 0 Å². The van der Waals surface area contributed by atoms with Gasteiger partial charge in [-0.2, -0.15) is 0 Å². The van der Waals surface area contributed by atoms with Crippen LogP contribution in [-0.2, 0) is 9.59 Å². The van der Waals surface area contributed by atoms with Crippen LogP contribution in [0.15, 0.2) is 18.2 Å². The van der Waals surface area contributed by atoms with Gasteiger partial charge in [0.2, 0.25) is 0 Å². The first-order chi connectivity index (χ1) is 9.10. The summed E-state index contributed by atoms with van der Waals surface area (Å²) in [5, 5.41) is 4.82. The predicted octanol–water partition coefficient (Wildman–Crippen LogP) is -0.283. The Labute approximate surface area is 111 Å². The van der Waals surface area contributed by atoms with Gasteiger partial charge in [-0.1, -0.05) is 0 Å². The lowest BCUT2D eigenvalue weighted by molar-refractivity contribution is -0.136. The molecule has 1 rings (SSSR count). The number of anilines is 1. The summed E-state index contributed by atoms with van der Waals surface area (Å²) in [7, 11) is 2.99. The van der Waals surface area contributed by atoms with Crippen LogP contribution in [0.1, 0.15) is 0 Å². The van der Waals surface area contributed by atoms with E-state index in [1.54, 1.807) is 18.2 Å². The third kappa shape index (κ3) is 4.47. The maximum Gasteiger partial charge on any atom is 0.313 e. The fourth-order valence-electron chi connectivity index (χ4n) is 1.33. The second-order valence-corrected chi connectivity index (χ2v) is 3.60. The van der Waals surface area contributed by atoms with E-state index in [1.165, 1.54) is 14.2 Å². The zero-order chi connectivity index (χ0) is 14.3. The van der Waals surface area contributed by atoms with Gasteiger partial charge in [-0.15, -0.1) is 0 Å². The summed E-state index contributed by atoms with van der Waals surface area (Å²) in [5.41, 5.74) is 5.63. The molecule has 0 bridgehead atoms. The monoisotopic (exact) mass is 267 g/mol. The third-order valence-electron chi connectivity index (χ3n) is 2.25. The second-order valence-electron chi connectivity index (χ2n) is 3.60. The number of nitrogens with one attached hydrogen (secondary N) is 2. The summed E-state index contributed by atoms with van der Waals surface area (Å²) in [5.74, 6) is -0.495. The minimum atomic E-state index is -0.774. The molecule has 7 nitrogen and oxygen atoms in total. The summed E-state index contributed by atoms with van der Waals surface area (Å²) in [6.45, 7) is 0.514. The lowest BCUT2D eigenvalue weighted by Gasteiger charge is -2.09. The zero-order valence-electron chi connectivity index (χ0n) is 10.9. The van der Waals surface area contributed by atoms with Crippen LogP contribution in [0.5, 0.6) is 11.5 Å². The molecule has 0 spiro atoms. The topological polar surface area (TPSA) is 103 Å². The van der Waals surface area contributed by atoms with Crippen molar-refractivity contribution in [3.05, 3.63) is 18.2 Å². The molecule has 0 saturated heterocycles. The molecule has 0 radical (unpaired) electrons. The van der Waals surface area contributed by atoms with Crippen molar-refractivity contribution >= 4 is 17.5 Å². The van der Waals surface area contributed by atoms with Crippen LogP contribution in [-0.4, -0.2) is 39.1 Å². The molecule has 2 amide bonds. The molecule has 1 aromatic carbocycles. The van der Waals surface area contributed by atoms with Crippen molar-refractivity contribution in [1.29, 1.82) is 0 Å². The average Bonchev–Trinajstić information content (AvgIpc) is 2.43. The molecule has 0 aliphatic carbocycles. The molecule has 1 aromatic rings. The molecular formula is C12H17N3O4. The zero-order valence-corrected chi connectivity index (χ0v) is 10.9. The first kappa shape index (κ1) is 14.8. The van der Waals surface area contributed by atoms with E-state index in [9.17, 15) is 9.59 Å². The van der Waals surface area contributed by atoms with Crippen LogP contribution in [0.2, 0.25) is 0 Å². The van der Waals surface area contributed by atoms with E-state index in [4.69, 9.17) is 15.2 Å². The van der Waals surface area contributed by atoms with Crippen molar-refractivity contribution < 1.29 is 19.1 Å². The smallest absolute Gasteiger partial charge is 0.313 e. The lowest BCUT2D eigenvalue weighted by Crippen LogP contribution is -2.37. The van der Waals surface area contributed by atoms with E-state index < -0.39 is 11.8 Å². The number of carbonyl (C=O) groups excluding carboxylic acids is 2. The van der Waals surface area contributed by atoms with E-state index in [2.05, 4.69) is 10.6 Å². The molecule has 0 fully saturated rings. The SMILES string of the molecule is COc1cc(NC(=O)C(=O)NCCN)cc(OC)c1. The first-order valence-electron chi connectivity index (χ1n) is 5.63. The van der Waals surface area contributed by atoms with E-state index in [-0.39, 0.29) is 13.1 Å². The Hall–Kier alpha value is -2.28. The van der Waals surface area contributed by atoms with Gasteiger partial charge in [-0.3, -0.25) is 9.59 Å². The molecule has 7 heteroatoms. The number of benzene rings is 1. The van der Waals surface area contributed by atoms with E-state index in [0.29, 0.717) is 17.2 Å². The van der Waals surface area contributed by atoms with Crippen LogP contribution in [0.25, 0.3) is 0 Å². The highest BCUT2D eigenvalue weighted by Crippen LogP contribution is 2.25. The Morgan fingerprint density at radius 1 is 1.11 bits per heavy atom. The number of methoxy groups -OCH3 is 2. The van der Waals surface area contributed by atoms with Gasteiger partial charge in [-0.05, 0) is 0 Å². The summed E-state index contributed by atoms with van der Waals surface area (Å²) in [6, 6.07) is 4.82. The van der Waals surface area contributed by atoms with Crippen molar-refractivity contribution in [2.24, 2.45) is 5.73 Å². The van der Waals surface area contributed by atoms with Crippen molar-refractivity contribution in [3.63, 3.8) is 0 Å². The van der Waals surface area contributed by atoms with Gasteiger partial charge in [-0.25, -0.2) is 0 Å². The van der Waals surface area contributed by atoms with Gasteiger partial charge >= 0.3 is 11.8 Å². The molecule has 0 aliphatic rings. The Morgan fingerprint density at radius 3 is 2.16 bits per heavy atom. The van der Waals surface area contributed by atoms with Crippen LogP contribution < -0.4 is 25.8 Å². The normalized spacial score (nSPS) is 9.63. The highest BCUT2D eigenvalue weighted by atomic mass is 16.5. The highest BCUT2D eigenvalue weighted by molar-refractivity contribution is 6.39. The molecule has 0 saturated carbocycles. The van der Waals surface area contributed by atoms with Crippen molar-refractivity contribution in [2.75, 3.05) is 32.6 Å².